The fourth-order valence-corrected chi connectivity index (χ4v) is 4.95. The molecule has 0 spiro atoms. The van der Waals surface area contributed by atoms with Gasteiger partial charge in [0.05, 0.1) is 5.56 Å². The maximum absolute atomic E-state index is 13.1. The molecule has 2 amide bonds. The standard InChI is InChI=1S/C22H20N2O7S/c25-12-5-10(6-13(26)9-12)20(30)24-22-18(14-3-1-2-4-17(14)32-22)21(31)23-11-7-15(27)19(29)16(28)8-11/h5-9,25-29H,1-4H2,(H,23,31)(H,24,30). The summed E-state index contributed by atoms with van der Waals surface area (Å²) in [6.07, 6.45) is 3.27. The number of phenolic OH excluding ortho intramolecular Hbond substituents is 5. The first-order valence-corrected chi connectivity index (χ1v) is 10.6. The van der Waals surface area contributed by atoms with Crippen LogP contribution in [0.15, 0.2) is 30.3 Å². The number of hydrogen-bond donors (Lipinski definition) is 7. The fourth-order valence-electron chi connectivity index (χ4n) is 3.67. The van der Waals surface area contributed by atoms with Crippen LogP contribution in [0, 0.1) is 0 Å². The second-order valence-corrected chi connectivity index (χ2v) is 8.53. The van der Waals surface area contributed by atoms with Gasteiger partial charge in [-0.05, 0) is 43.4 Å². The fraction of sp³-hybridized carbons (Fsp3) is 0.182. The number of phenols is 5. The Hall–Kier alpha value is -3.92. The van der Waals surface area contributed by atoms with E-state index in [0.29, 0.717) is 11.4 Å². The van der Waals surface area contributed by atoms with Gasteiger partial charge in [-0.2, -0.15) is 0 Å². The third-order valence-electron chi connectivity index (χ3n) is 5.12. The lowest BCUT2D eigenvalue weighted by Crippen LogP contribution is -2.18. The van der Waals surface area contributed by atoms with Crippen LogP contribution in [0.1, 0.15) is 44.0 Å². The molecule has 166 valence electrons. The summed E-state index contributed by atoms with van der Waals surface area (Å²) in [5.41, 5.74) is 1.18. The van der Waals surface area contributed by atoms with E-state index in [1.165, 1.54) is 23.5 Å². The minimum atomic E-state index is -0.696. The van der Waals surface area contributed by atoms with Gasteiger partial charge in [0, 0.05) is 34.3 Å². The molecule has 1 aliphatic carbocycles. The van der Waals surface area contributed by atoms with Crippen LogP contribution < -0.4 is 10.6 Å². The van der Waals surface area contributed by atoms with Crippen LogP contribution in [-0.4, -0.2) is 37.3 Å². The normalized spacial score (nSPS) is 12.8. The Kier molecular flexibility index (Phi) is 5.54. The number of fused-ring (bicyclic) bond motifs is 1. The number of benzene rings is 2. The molecule has 1 aromatic heterocycles. The maximum atomic E-state index is 13.1. The Morgan fingerprint density at radius 2 is 1.41 bits per heavy atom. The van der Waals surface area contributed by atoms with Crippen LogP contribution in [0.5, 0.6) is 28.7 Å². The van der Waals surface area contributed by atoms with Crippen molar-refractivity contribution >= 4 is 33.8 Å². The second kappa shape index (κ2) is 8.31. The summed E-state index contributed by atoms with van der Waals surface area (Å²) >= 11 is 1.28. The predicted octanol–water partition coefficient (Wildman–Crippen LogP) is 3.66. The van der Waals surface area contributed by atoms with E-state index in [0.717, 1.165) is 47.9 Å². The minimum absolute atomic E-state index is 0.0219. The molecule has 0 unspecified atom stereocenters. The van der Waals surface area contributed by atoms with Crippen molar-refractivity contribution in [3.63, 3.8) is 0 Å². The molecular formula is C22H20N2O7S. The number of thiophene rings is 1. The molecule has 4 rings (SSSR count). The number of amides is 2. The molecule has 1 heterocycles. The molecule has 2 aromatic carbocycles. The monoisotopic (exact) mass is 456 g/mol. The van der Waals surface area contributed by atoms with Gasteiger partial charge in [-0.25, -0.2) is 0 Å². The van der Waals surface area contributed by atoms with Gasteiger partial charge in [-0.15, -0.1) is 11.3 Å². The number of hydrogen-bond acceptors (Lipinski definition) is 8. The molecule has 0 atom stereocenters. The van der Waals surface area contributed by atoms with Gasteiger partial charge in [0.2, 0.25) is 0 Å². The number of carbonyl (C=O) groups excluding carboxylic acids is 2. The van der Waals surface area contributed by atoms with Crippen molar-refractivity contribution < 1.29 is 35.1 Å². The summed E-state index contributed by atoms with van der Waals surface area (Å²) < 4.78 is 0. The van der Waals surface area contributed by atoms with E-state index in [4.69, 9.17) is 0 Å². The van der Waals surface area contributed by atoms with Gasteiger partial charge in [-0.1, -0.05) is 0 Å². The molecular weight excluding hydrogens is 436 g/mol. The third-order valence-corrected chi connectivity index (χ3v) is 6.32. The second-order valence-electron chi connectivity index (χ2n) is 7.42. The van der Waals surface area contributed by atoms with Crippen LogP contribution >= 0.6 is 11.3 Å². The van der Waals surface area contributed by atoms with Crippen molar-refractivity contribution in [1.29, 1.82) is 0 Å². The number of rotatable bonds is 4. The summed E-state index contributed by atoms with van der Waals surface area (Å²) in [5.74, 6) is -3.59. The summed E-state index contributed by atoms with van der Waals surface area (Å²) in [5, 5.41) is 53.8. The van der Waals surface area contributed by atoms with E-state index in [1.54, 1.807) is 0 Å². The van der Waals surface area contributed by atoms with E-state index < -0.39 is 29.1 Å². The van der Waals surface area contributed by atoms with Crippen molar-refractivity contribution in [2.24, 2.45) is 0 Å². The van der Waals surface area contributed by atoms with Gasteiger partial charge < -0.3 is 36.2 Å². The summed E-state index contributed by atoms with van der Waals surface area (Å²) in [4.78, 5) is 26.9. The largest absolute Gasteiger partial charge is 0.508 e. The lowest BCUT2D eigenvalue weighted by Gasteiger charge is -2.14. The number of aromatic hydroxyl groups is 5. The van der Waals surface area contributed by atoms with Gasteiger partial charge in [-0.3, -0.25) is 9.59 Å². The zero-order valence-electron chi connectivity index (χ0n) is 16.7. The van der Waals surface area contributed by atoms with Crippen LogP contribution in [0.4, 0.5) is 10.7 Å². The zero-order chi connectivity index (χ0) is 23.0. The Morgan fingerprint density at radius 3 is 2.06 bits per heavy atom. The van der Waals surface area contributed by atoms with Crippen molar-refractivity contribution in [3.8, 4) is 28.7 Å². The topological polar surface area (TPSA) is 159 Å². The lowest BCUT2D eigenvalue weighted by molar-refractivity contribution is 0.102. The van der Waals surface area contributed by atoms with Gasteiger partial charge >= 0.3 is 0 Å². The van der Waals surface area contributed by atoms with Gasteiger partial charge in [0.25, 0.3) is 11.8 Å². The molecule has 32 heavy (non-hydrogen) atoms. The lowest BCUT2D eigenvalue weighted by atomic mass is 9.95. The molecule has 9 nitrogen and oxygen atoms in total. The molecule has 0 fully saturated rings. The third kappa shape index (κ3) is 4.12. The average molecular weight is 456 g/mol. The molecule has 0 saturated carbocycles. The molecule has 1 aliphatic rings. The summed E-state index contributed by atoms with van der Waals surface area (Å²) in [6.45, 7) is 0. The van der Waals surface area contributed by atoms with E-state index in [-0.39, 0.29) is 28.3 Å². The number of anilines is 2. The smallest absolute Gasteiger partial charge is 0.258 e. The SMILES string of the molecule is O=C(Nc1sc2c(c1C(=O)Nc1cc(O)c(O)c(O)c1)CCCC2)c1cc(O)cc(O)c1. The van der Waals surface area contributed by atoms with E-state index >= 15 is 0 Å². The van der Waals surface area contributed by atoms with Crippen LogP contribution in [-0.2, 0) is 12.8 Å². The summed E-state index contributed by atoms with van der Waals surface area (Å²) in [7, 11) is 0. The summed E-state index contributed by atoms with van der Waals surface area (Å²) in [6, 6.07) is 5.69. The Morgan fingerprint density at radius 1 is 0.781 bits per heavy atom. The van der Waals surface area contributed by atoms with E-state index in [1.807, 2.05) is 0 Å². The Bertz CT molecular complexity index is 1190. The first kappa shape index (κ1) is 21.3. The highest BCUT2D eigenvalue weighted by molar-refractivity contribution is 7.17. The first-order valence-electron chi connectivity index (χ1n) is 9.78. The van der Waals surface area contributed by atoms with E-state index in [9.17, 15) is 35.1 Å². The molecule has 3 aromatic rings. The zero-order valence-corrected chi connectivity index (χ0v) is 17.5. The van der Waals surface area contributed by atoms with Crippen molar-refractivity contribution in [2.75, 3.05) is 10.6 Å². The van der Waals surface area contributed by atoms with Crippen molar-refractivity contribution in [1.82, 2.24) is 0 Å². The number of aryl methyl sites for hydroxylation is 1. The van der Waals surface area contributed by atoms with Crippen LogP contribution in [0.25, 0.3) is 0 Å². The first-order chi connectivity index (χ1) is 15.2. The Balaban J connectivity index is 1.67. The molecule has 10 heteroatoms. The molecule has 0 aliphatic heterocycles. The molecule has 7 N–H and O–H groups in total. The highest BCUT2D eigenvalue weighted by atomic mass is 32.1. The average Bonchev–Trinajstić information content (AvgIpc) is 3.09. The van der Waals surface area contributed by atoms with Gasteiger partial charge in [0.1, 0.15) is 16.5 Å². The van der Waals surface area contributed by atoms with Crippen LogP contribution in [0.2, 0.25) is 0 Å². The Labute approximate surface area is 186 Å². The van der Waals surface area contributed by atoms with Crippen molar-refractivity contribution in [3.05, 3.63) is 51.9 Å². The highest BCUT2D eigenvalue weighted by Gasteiger charge is 2.27. The highest BCUT2D eigenvalue weighted by Crippen LogP contribution is 2.40. The number of nitrogens with one attached hydrogen (secondary N) is 2. The molecule has 0 saturated heterocycles. The molecule has 0 bridgehead atoms. The van der Waals surface area contributed by atoms with E-state index in [2.05, 4.69) is 10.6 Å². The quantitative estimate of drug-likeness (QED) is 0.233. The van der Waals surface area contributed by atoms with Gasteiger partial charge in [0.15, 0.2) is 17.2 Å². The number of carbonyl (C=O) groups is 2. The maximum Gasteiger partial charge on any atom is 0.258 e. The van der Waals surface area contributed by atoms with Crippen LogP contribution in [0.3, 0.4) is 0 Å². The van der Waals surface area contributed by atoms with Crippen molar-refractivity contribution in [2.45, 2.75) is 25.7 Å². The molecule has 0 radical (unpaired) electrons. The predicted molar refractivity (Wildman–Crippen MR) is 118 cm³/mol. The minimum Gasteiger partial charge on any atom is -0.508 e.